The maximum atomic E-state index is 15.0. The first-order valence-electron chi connectivity index (χ1n) is 24.6. The molecule has 1 aromatic heterocycles. The molecule has 3 heterocycles. The highest BCUT2D eigenvalue weighted by molar-refractivity contribution is 5.97. The molecule has 15 N–H and O–H groups in total. The maximum absolute atomic E-state index is 15.0. The van der Waals surface area contributed by atoms with E-state index in [1.165, 1.54) is 4.90 Å². The molecule has 6 rings (SSSR count). The zero-order chi connectivity index (χ0) is 51.7. The van der Waals surface area contributed by atoms with Crippen LogP contribution in [0, 0.1) is 5.92 Å². The molecule has 2 saturated heterocycles. The van der Waals surface area contributed by atoms with Crippen molar-refractivity contribution >= 4 is 64.2 Å². The Morgan fingerprint density at radius 2 is 1.49 bits per heavy atom. The molecule has 72 heavy (non-hydrogen) atoms. The van der Waals surface area contributed by atoms with Gasteiger partial charge in [0.2, 0.25) is 35.4 Å². The highest BCUT2D eigenvalue weighted by Gasteiger charge is 2.44. The van der Waals surface area contributed by atoms with Crippen LogP contribution in [-0.2, 0) is 51.2 Å². The second-order valence-corrected chi connectivity index (χ2v) is 18.8. The van der Waals surface area contributed by atoms with E-state index in [1.807, 2.05) is 24.3 Å². The summed E-state index contributed by atoms with van der Waals surface area (Å²) in [7, 11) is 0. The van der Waals surface area contributed by atoms with Crippen LogP contribution < -0.4 is 48.7 Å². The fourth-order valence-corrected chi connectivity index (χ4v) is 9.66. The number of aliphatic hydroxyl groups is 1. The SMILES string of the molecule is NC(N)=NCCC[C@@H]1NC(=O)[C@H](Cc2c[nH]c3ccccc23)NC(=O)[C@@H](CC2CCC(O)CC2)NC(=O)[C@@H]2C[C@@H](NCC(=O)O)CN2C(=O)[C@@H](NC(=O)C(Cc2ccccc2)NCC(=O)O)CCCNC1=O. The van der Waals surface area contributed by atoms with E-state index in [9.17, 15) is 53.7 Å². The zero-order valence-corrected chi connectivity index (χ0v) is 40.1. The number of nitrogens with one attached hydrogen (secondary N) is 8. The number of nitrogens with zero attached hydrogens (tertiary/aromatic N) is 2. The summed E-state index contributed by atoms with van der Waals surface area (Å²) < 4.78 is 0. The average molecular weight is 1000 g/mol. The number of guanidine groups is 1. The molecule has 23 heteroatoms. The first kappa shape index (κ1) is 54.2. The molecule has 0 spiro atoms. The lowest BCUT2D eigenvalue weighted by Crippen LogP contribution is -2.60. The maximum Gasteiger partial charge on any atom is 0.317 e. The molecule has 3 fully saturated rings. The molecule has 0 bridgehead atoms. The molecule has 23 nitrogen and oxygen atoms in total. The third-order valence-electron chi connectivity index (χ3n) is 13.4. The first-order chi connectivity index (χ1) is 34.5. The molecule has 0 radical (unpaired) electrons. The number of amides is 6. The molecule has 1 unspecified atom stereocenters. The molecular weight excluding hydrogens is 933 g/mol. The largest absolute Gasteiger partial charge is 0.480 e. The number of nitrogens with two attached hydrogens (primary N) is 2. The Morgan fingerprint density at radius 1 is 0.806 bits per heavy atom. The van der Waals surface area contributed by atoms with E-state index in [0.717, 1.165) is 10.9 Å². The molecule has 2 aromatic carbocycles. The highest BCUT2D eigenvalue weighted by Crippen LogP contribution is 2.29. The number of carbonyl (C=O) groups excluding carboxylic acids is 6. The zero-order valence-electron chi connectivity index (χ0n) is 40.1. The molecule has 2 aliphatic heterocycles. The number of benzene rings is 2. The fraction of sp³-hybridized carbons (Fsp3) is 0.531. The molecule has 1 saturated carbocycles. The number of para-hydroxylation sites is 1. The van der Waals surface area contributed by atoms with Gasteiger partial charge in [0.25, 0.3) is 0 Å². The average Bonchev–Trinajstić information content (AvgIpc) is 3.98. The standard InChI is InChI=1S/C49H68N12O11/c50-49(51)53-19-6-12-35-43(67)52-18-7-13-36(58-44(68)37(56-26-42(65)66)20-28-8-2-1-3-9-28)48(72)61-27-31(54-25-41(63)64)23-40(61)47(71)60-38(21-29-14-16-32(62)17-15-29)45(69)59-39(46(70)57-35)22-30-24-55-34-11-5-4-10-33(30)34/h1-5,8-11,24,29,31-32,35-40,54-56,62H,6-7,12-23,25-27H2,(H,52,67)(H,57,70)(H,58,68)(H,59,69)(H,60,71)(H,63,64)(H,65,66)(H4,50,51,53)/t29?,31-,32?,35+,36+,37?,38-,39+,40+/m1/s1. The van der Waals surface area contributed by atoms with Crippen molar-refractivity contribution in [2.75, 3.05) is 32.7 Å². The quantitative estimate of drug-likeness (QED) is 0.0391. The lowest BCUT2D eigenvalue weighted by atomic mass is 9.83. The second-order valence-electron chi connectivity index (χ2n) is 18.8. The van der Waals surface area contributed by atoms with Crippen molar-refractivity contribution in [2.24, 2.45) is 22.4 Å². The van der Waals surface area contributed by atoms with Crippen LogP contribution in [-0.4, -0.2) is 160 Å². The molecule has 3 aliphatic rings. The van der Waals surface area contributed by atoms with Crippen LogP contribution in [0.3, 0.4) is 0 Å². The number of fused-ring (bicyclic) bond motifs is 2. The Labute approximate surface area is 416 Å². The minimum absolute atomic E-state index is 0.0206. The van der Waals surface area contributed by atoms with Crippen molar-refractivity contribution in [3.05, 3.63) is 71.9 Å². The van der Waals surface area contributed by atoms with Gasteiger partial charge in [-0.1, -0.05) is 48.5 Å². The summed E-state index contributed by atoms with van der Waals surface area (Å²) in [6, 6.07) is 8.07. The number of aliphatic imine (C=N–C) groups is 1. The van der Waals surface area contributed by atoms with Gasteiger partial charge < -0.3 is 68.6 Å². The Morgan fingerprint density at radius 3 is 2.21 bits per heavy atom. The summed E-state index contributed by atoms with van der Waals surface area (Å²) in [6.07, 6.45) is 3.64. The number of aromatic amines is 1. The van der Waals surface area contributed by atoms with Gasteiger partial charge in [0.1, 0.15) is 30.2 Å². The van der Waals surface area contributed by atoms with E-state index in [4.69, 9.17) is 11.5 Å². The number of aliphatic carboxylic acids is 2. The number of carboxylic acid groups (broad SMARTS) is 2. The van der Waals surface area contributed by atoms with Crippen molar-refractivity contribution in [2.45, 2.75) is 125 Å². The van der Waals surface area contributed by atoms with Gasteiger partial charge in [0, 0.05) is 49.2 Å². The van der Waals surface area contributed by atoms with Crippen LogP contribution in [0.15, 0.2) is 65.8 Å². The van der Waals surface area contributed by atoms with Crippen LogP contribution in [0.5, 0.6) is 0 Å². The Balaban J connectivity index is 1.37. The summed E-state index contributed by atoms with van der Waals surface area (Å²) in [5.74, 6) is -6.85. The number of rotatable bonds is 18. The number of hydrogen-bond acceptors (Lipinski definition) is 12. The summed E-state index contributed by atoms with van der Waals surface area (Å²) in [5.41, 5.74) is 13.3. The fourth-order valence-electron chi connectivity index (χ4n) is 9.66. The van der Waals surface area contributed by atoms with Gasteiger partial charge in [-0.05, 0) is 93.7 Å². The number of hydrogen-bond donors (Lipinski definition) is 13. The predicted molar refractivity (Wildman–Crippen MR) is 264 cm³/mol. The number of H-pyrrole nitrogens is 1. The Kier molecular flexibility index (Phi) is 19.9. The minimum atomic E-state index is -1.35. The Hall–Kier alpha value is -7.11. The highest BCUT2D eigenvalue weighted by atomic mass is 16.4. The van der Waals surface area contributed by atoms with Crippen LogP contribution >= 0.6 is 0 Å². The van der Waals surface area contributed by atoms with Crippen LogP contribution in [0.2, 0.25) is 0 Å². The normalized spacial score (nSPS) is 25.1. The second kappa shape index (κ2) is 26.4. The van der Waals surface area contributed by atoms with E-state index in [1.54, 1.807) is 36.5 Å². The van der Waals surface area contributed by atoms with Gasteiger partial charge in [0.05, 0.1) is 25.2 Å². The van der Waals surface area contributed by atoms with Crippen LogP contribution in [0.1, 0.15) is 75.3 Å². The molecule has 1 aliphatic carbocycles. The molecule has 6 amide bonds. The third-order valence-corrected chi connectivity index (χ3v) is 13.4. The van der Waals surface area contributed by atoms with Crippen molar-refractivity contribution < 1.29 is 53.7 Å². The summed E-state index contributed by atoms with van der Waals surface area (Å²) in [4.78, 5) is 119. The lowest BCUT2D eigenvalue weighted by molar-refractivity contribution is -0.143. The van der Waals surface area contributed by atoms with E-state index in [0.29, 0.717) is 36.8 Å². The van der Waals surface area contributed by atoms with Gasteiger partial charge in [-0.15, -0.1) is 0 Å². The molecule has 390 valence electrons. The number of carbonyl (C=O) groups is 8. The van der Waals surface area contributed by atoms with Gasteiger partial charge in [0.15, 0.2) is 5.96 Å². The molecule has 7 atom stereocenters. The minimum Gasteiger partial charge on any atom is -0.480 e. The third kappa shape index (κ3) is 16.0. The van der Waals surface area contributed by atoms with Gasteiger partial charge in [-0.2, -0.15) is 0 Å². The van der Waals surface area contributed by atoms with Gasteiger partial charge in [-0.3, -0.25) is 48.7 Å². The van der Waals surface area contributed by atoms with E-state index < -0.39 is 109 Å². The van der Waals surface area contributed by atoms with Crippen molar-refractivity contribution in [3.8, 4) is 0 Å². The summed E-state index contributed by atoms with van der Waals surface area (Å²) in [5, 5.41) is 50.0. The van der Waals surface area contributed by atoms with E-state index in [-0.39, 0.29) is 82.9 Å². The van der Waals surface area contributed by atoms with E-state index in [2.05, 4.69) is 47.2 Å². The monoisotopic (exact) mass is 1000 g/mol. The van der Waals surface area contributed by atoms with Crippen LogP contribution in [0.4, 0.5) is 0 Å². The topological polar surface area (TPSA) is 365 Å². The lowest BCUT2D eigenvalue weighted by Gasteiger charge is -2.33. The van der Waals surface area contributed by atoms with Crippen LogP contribution in [0.25, 0.3) is 10.9 Å². The van der Waals surface area contributed by atoms with Gasteiger partial charge >= 0.3 is 11.9 Å². The summed E-state index contributed by atoms with van der Waals surface area (Å²) >= 11 is 0. The Bertz CT molecular complexity index is 2410. The molecular formula is C49H68N12O11. The van der Waals surface area contributed by atoms with Gasteiger partial charge in [-0.25, -0.2) is 0 Å². The first-order valence-corrected chi connectivity index (χ1v) is 24.6. The number of aliphatic hydroxyl groups excluding tert-OH is 1. The summed E-state index contributed by atoms with van der Waals surface area (Å²) in [6.45, 7) is -1.15. The number of carboxylic acids is 2. The smallest absolute Gasteiger partial charge is 0.317 e. The molecule has 3 aromatic rings. The van der Waals surface area contributed by atoms with Crippen molar-refractivity contribution in [1.29, 1.82) is 0 Å². The predicted octanol–water partition coefficient (Wildman–Crippen LogP) is -1.52. The number of aromatic nitrogens is 1. The van der Waals surface area contributed by atoms with Crippen molar-refractivity contribution in [3.63, 3.8) is 0 Å². The van der Waals surface area contributed by atoms with Crippen molar-refractivity contribution in [1.82, 2.24) is 47.1 Å². The van der Waals surface area contributed by atoms with E-state index >= 15 is 0 Å².